The van der Waals surface area contributed by atoms with Gasteiger partial charge < -0.3 is 5.32 Å². The Kier molecular flexibility index (Phi) is 5.61. The number of aromatic nitrogens is 2. The predicted molar refractivity (Wildman–Crippen MR) is 81.2 cm³/mol. The van der Waals surface area contributed by atoms with Crippen LogP contribution < -0.4 is 5.32 Å². The van der Waals surface area contributed by atoms with Crippen molar-refractivity contribution in [2.75, 3.05) is 13.1 Å². The average Bonchev–Trinajstić information content (AvgIpc) is 2.76. The second-order valence-electron chi connectivity index (χ2n) is 5.51. The summed E-state index contributed by atoms with van der Waals surface area (Å²) < 4.78 is 1.87. The van der Waals surface area contributed by atoms with Gasteiger partial charge in [-0.3, -0.25) is 9.48 Å². The third-order valence-electron chi connectivity index (χ3n) is 3.97. The molecule has 1 aliphatic heterocycles. The van der Waals surface area contributed by atoms with Crippen LogP contribution in [0.2, 0.25) is 5.02 Å². The van der Waals surface area contributed by atoms with Gasteiger partial charge in [0.25, 0.3) is 0 Å². The highest BCUT2D eigenvalue weighted by atomic mass is 35.5. The largest absolute Gasteiger partial charge is 0.316 e. The molecule has 1 unspecified atom stereocenters. The van der Waals surface area contributed by atoms with Crippen molar-refractivity contribution in [3.63, 3.8) is 0 Å². The van der Waals surface area contributed by atoms with Crippen molar-refractivity contribution >= 4 is 17.4 Å². The van der Waals surface area contributed by atoms with Crippen LogP contribution in [0.3, 0.4) is 0 Å². The number of halogens is 1. The van der Waals surface area contributed by atoms with Crippen LogP contribution in [0, 0.1) is 5.92 Å². The minimum Gasteiger partial charge on any atom is -0.316 e. The molecule has 1 N–H and O–H groups in total. The van der Waals surface area contributed by atoms with Gasteiger partial charge in [0.1, 0.15) is 5.78 Å². The van der Waals surface area contributed by atoms with Gasteiger partial charge in [-0.25, -0.2) is 0 Å². The standard InChI is InChI=1S/C15H24ClN3O/c1-3-13-15(16)14(19(4-2)18-13)9-12(20)8-11-6-5-7-17-10-11/h11,17H,3-10H2,1-2H3. The molecule has 5 heteroatoms. The lowest BCUT2D eigenvalue weighted by atomic mass is 9.93. The number of hydrogen-bond donors (Lipinski definition) is 1. The van der Waals surface area contributed by atoms with Crippen molar-refractivity contribution in [1.82, 2.24) is 15.1 Å². The number of piperidine rings is 1. The van der Waals surface area contributed by atoms with Gasteiger partial charge in [-0.15, -0.1) is 0 Å². The molecular formula is C15H24ClN3O. The number of hydrogen-bond acceptors (Lipinski definition) is 3. The first-order chi connectivity index (χ1) is 9.65. The first-order valence-electron chi connectivity index (χ1n) is 7.62. The van der Waals surface area contributed by atoms with E-state index in [0.29, 0.717) is 23.8 Å². The second-order valence-corrected chi connectivity index (χ2v) is 5.89. The van der Waals surface area contributed by atoms with Crippen LogP contribution >= 0.6 is 11.6 Å². The number of carbonyl (C=O) groups is 1. The normalized spacial score (nSPS) is 19.2. The maximum atomic E-state index is 12.3. The van der Waals surface area contributed by atoms with Gasteiger partial charge in [0.2, 0.25) is 0 Å². The monoisotopic (exact) mass is 297 g/mol. The highest BCUT2D eigenvalue weighted by molar-refractivity contribution is 6.32. The first-order valence-corrected chi connectivity index (χ1v) is 7.99. The summed E-state index contributed by atoms with van der Waals surface area (Å²) >= 11 is 6.35. The molecule has 0 saturated carbocycles. The molecule has 1 aromatic rings. The number of carbonyl (C=O) groups excluding carboxylic acids is 1. The second kappa shape index (κ2) is 7.23. The Labute approximate surface area is 125 Å². The Hall–Kier alpha value is -0.870. The SMILES string of the molecule is CCc1nn(CC)c(CC(=O)CC2CCCNC2)c1Cl. The summed E-state index contributed by atoms with van der Waals surface area (Å²) in [6.45, 7) is 6.87. The Morgan fingerprint density at radius 2 is 2.30 bits per heavy atom. The number of nitrogens with zero attached hydrogens (tertiary/aromatic N) is 2. The molecule has 20 heavy (non-hydrogen) atoms. The van der Waals surface area contributed by atoms with E-state index in [1.807, 2.05) is 18.5 Å². The number of ketones is 1. The molecule has 2 heterocycles. The van der Waals surface area contributed by atoms with E-state index in [0.717, 1.165) is 43.9 Å². The zero-order valence-corrected chi connectivity index (χ0v) is 13.2. The van der Waals surface area contributed by atoms with Gasteiger partial charge in [-0.05, 0) is 45.2 Å². The fraction of sp³-hybridized carbons (Fsp3) is 0.733. The minimum absolute atomic E-state index is 0.276. The Bertz CT molecular complexity index is 464. The predicted octanol–water partition coefficient (Wildman–Crippen LogP) is 2.62. The van der Waals surface area contributed by atoms with Gasteiger partial charge in [-0.2, -0.15) is 5.10 Å². The van der Waals surface area contributed by atoms with Crippen molar-refractivity contribution in [2.24, 2.45) is 5.92 Å². The van der Waals surface area contributed by atoms with Gasteiger partial charge in [0.05, 0.1) is 16.4 Å². The summed E-state index contributed by atoms with van der Waals surface area (Å²) in [6.07, 6.45) is 4.20. The van der Waals surface area contributed by atoms with Gasteiger partial charge in [0.15, 0.2) is 0 Å². The zero-order valence-electron chi connectivity index (χ0n) is 12.4. The van der Waals surface area contributed by atoms with Crippen molar-refractivity contribution < 1.29 is 4.79 Å². The van der Waals surface area contributed by atoms with Crippen LogP contribution in [0.1, 0.15) is 44.5 Å². The van der Waals surface area contributed by atoms with Crippen molar-refractivity contribution in [3.05, 3.63) is 16.4 Å². The molecule has 1 fully saturated rings. The topological polar surface area (TPSA) is 46.9 Å². The fourth-order valence-corrected chi connectivity index (χ4v) is 3.20. The molecule has 0 aliphatic carbocycles. The van der Waals surface area contributed by atoms with Gasteiger partial charge >= 0.3 is 0 Å². The molecule has 0 spiro atoms. The molecule has 4 nitrogen and oxygen atoms in total. The van der Waals surface area contributed by atoms with E-state index in [-0.39, 0.29) is 5.78 Å². The molecule has 0 amide bonds. The number of Topliss-reactive ketones (excluding diaryl/α,β-unsaturated/α-hetero) is 1. The molecule has 1 saturated heterocycles. The van der Waals surface area contributed by atoms with Crippen LogP contribution in [0.4, 0.5) is 0 Å². The summed E-state index contributed by atoms with van der Waals surface area (Å²) in [6, 6.07) is 0. The average molecular weight is 298 g/mol. The molecule has 1 aromatic heterocycles. The van der Waals surface area contributed by atoms with Crippen molar-refractivity contribution in [2.45, 2.75) is 52.5 Å². The molecule has 0 aromatic carbocycles. The molecule has 0 radical (unpaired) electrons. The summed E-state index contributed by atoms with van der Waals surface area (Å²) in [5.74, 6) is 0.761. The summed E-state index contributed by atoms with van der Waals surface area (Å²) in [5.41, 5.74) is 1.79. The Balaban J connectivity index is 2.01. The van der Waals surface area contributed by atoms with E-state index in [4.69, 9.17) is 11.6 Å². The highest BCUT2D eigenvalue weighted by Gasteiger charge is 2.21. The molecule has 1 aliphatic rings. The lowest BCUT2D eigenvalue weighted by molar-refractivity contribution is -0.119. The van der Waals surface area contributed by atoms with E-state index in [2.05, 4.69) is 10.4 Å². The maximum Gasteiger partial charge on any atom is 0.139 e. The quantitative estimate of drug-likeness (QED) is 0.878. The van der Waals surface area contributed by atoms with E-state index >= 15 is 0 Å². The molecular weight excluding hydrogens is 274 g/mol. The Morgan fingerprint density at radius 1 is 1.50 bits per heavy atom. The number of nitrogens with one attached hydrogen (secondary N) is 1. The van der Waals surface area contributed by atoms with Gasteiger partial charge in [0, 0.05) is 19.4 Å². The van der Waals surface area contributed by atoms with E-state index in [9.17, 15) is 4.79 Å². The highest BCUT2D eigenvalue weighted by Crippen LogP contribution is 2.23. The van der Waals surface area contributed by atoms with Crippen molar-refractivity contribution in [1.29, 1.82) is 0 Å². The lowest BCUT2D eigenvalue weighted by Gasteiger charge is -2.21. The Morgan fingerprint density at radius 3 is 2.90 bits per heavy atom. The molecule has 2 rings (SSSR count). The first kappa shape index (κ1) is 15.5. The maximum absolute atomic E-state index is 12.3. The minimum atomic E-state index is 0.276. The molecule has 1 atom stereocenters. The smallest absolute Gasteiger partial charge is 0.139 e. The number of aryl methyl sites for hydroxylation is 2. The van der Waals surface area contributed by atoms with E-state index in [1.165, 1.54) is 6.42 Å². The van der Waals surface area contributed by atoms with Crippen LogP contribution in [0.25, 0.3) is 0 Å². The van der Waals surface area contributed by atoms with Crippen LogP contribution in [0.5, 0.6) is 0 Å². The summed E-state index contributed by atoms with van der Waals surface area (Å²) in [4.78, 5) is 12.3. The zero-order chi connectivity index (χ0) is 14.5. The molecule has 112 valence electrons. The summed E-state index contributed by atoms with van der Waals surface area (Å²) in [5, 5.41) is 8.51. The van der Waals surface area contributed by atoms with Crippen LogP contribution in [0.15, 0.2) is 0 Å². The van der Waals surface area contributed by atoms with Crippen LogP contribution in [-0.2, 0) is 24.2 Å². The lowest BCUT2D eigenvalue weighted by Crippen LogP contribution is -2.31. The fourth-order valence-electron chi connectivity index (χ4n) is 2.87. The van der Waals surface area contributed by atoms with Gasteiger partial charge in [-0.1, -0.05) is 18.5 Å². The summed E-state index contributed by atoms with van der Waals surface area (Å²) in [7, 11) is 0. The third-order valence-corrected chi connectivity index (χ3v) is 4.41. The van der Waals surface area contributed by atoms with Crippen LogP contribution in [-0.4, -0.2) is 28.7 Å². The van der Waals surface area contributed by atoms with E-state index in [1.54, 1.807) is 0 Å². The number of rotatable bonds is 6. The van der Waals surface area contributed by atoms with Crippen molar-refractivity contribution in [3.8, 4) is 0 Å². The molecule has 0 bridgehead atoms. The van der Waals surface area contributed by atoms with E-state index < -0.39 is 0 Å². The third kappa shape index (κ3) is 3.61.